The average molecular weight is 452 g/mol. The Morgan fingerprint density at radius 1 is 1.30 bits per heavy atom. The Kier molecular flexibility index (Phi) is 7.68. The van der Waals surface area contributed by atoms with Crippen LogP contribution < -0.4 is 15.4 Å². The molecule has 0 spiro atoms. The van der Waals surface area contributed by atoms with E-state index in [1.54, 1.807) is 30.3 Å². The van der Waals surface area contributed by atoms with E-state index in [0.717, 1.165) is 12.8 Å². The predicted molar refractivity (Wildman–Crippen MR) is 111 cm³/mol. The van der Waals surface area contributed by atoms with Gasteiger partial charge in [-0.3, -0.25) is 20.2 Å². The molecule has 2 rings (SSSR count). The number of thiocarbonyl (C=S) groups is 1. The summed E-state index contributed by atoms with van der Waals surface area (Å²) in [4.78, 5) is 22.9. The lowest BCUT2D eigenvalue weighted by Crippen LogP contribution is -2.34. The smallest absolute Gasteiger partial charge is 0.292 e. The van der Waals surface area contributed by atoms with Gasteiger partial charge in [-0.2, -0.15) is 0 Å². The van der Waals surface area contributed by atoms with E-state index in [2.05, 4.69) is 33.5 Å². The molecule has 2 N–H and O–H groups in total. The van der Waals surface area contributed by atoms with Crippen molar-refractivity contribution >= 4 is 50.5 Å². The molecule has 27 heavy (non-hydrogen) atoms. The van der Waals surface area contributed by atoms with E-state index in [-0.39, 0.29) is 16.5 Å². The van der Waals surface area contributed by atoms with Gasteiger partial charge in [0.2, 0.25) is 0 Å². The largest absolute Gasteiger partial charge is 0.492 e. The number of carbonyl (C=O) groups excluding carboxylic acids is 1. The van der Waals surface area contributed by atoms with Crippen LogP contribution in [0.4, 0.5) is 11.4 Å². The normalized spacial score (nSPS) is 10.1. The van der Waals surface area contributed by atoms with Gasteiger partial charge >= 0.3 is 0 Å². The molecule has 7 nitrogen and oxygen atoms in total. The molecule has 2 aromatic carbocycles. The Labute approximate surface area is 170 Å². The van der Waals surface area contributed by atoms with Crippen molar-refractivity contribution in [2.45, 2.75) is 19.8 Å². The van der Waals surface area contributed by atoms with Gasteiger partial charge in [0.05, 0.1) is 16.0 Å². The lowest BCUT2D eigenvalue weighted by Gasteiger charge is -2.11. The third-order valence-corrected chi connectivity index (χ3v) is 4.35. The SMILES string of the molecule is CCCCOc1ccc(C(=O)NC(=S)Nc2ccccc2[N+](=O)[O-])cc1Br. The number of amides is 1. The summed E-state index contributed by atoms with van der Waals surface area (Å²) < 4.78 is 6.28. The third kappa shape index (κ3) is 6.00. The first-order valence-electron chi connectivity index (χ1n) is 8.20. The Balaban J connectivity index is 2.01. The minimum absolute atomic E-state index is 0.0336. The fourth-order valence-corrected chi connectivity index (χ4v) is 2.85. The number of carbonyl (C=O) groups is 1. The molecule has 2 aromatic rings. The van der Waals surface area contributed by atoms with Gasteiger partial charge in [0, 0.05) is 11.6 Å². The summed E-state index contributed by atoms with van der Waals surface area (Å²) in [6.45, 7) is 2.68. The third-order valence-electron chi connectivity index (χ3n) is 3.53. The van der Waals surface area contributed by atoms with E-state index in [1.165, 1.54) is 12.1 Å². The van der Waals surface area contributed by atoms with Crippen molar-refractivity contribution in [3.05, 3.63) is 62.6 Å². The second-order valence-electron chi connectivity index (χ2n) is 5.53. The molecule has 1 amide bonds. The molecule has 0 aliphatic carbocycles. The number of hydrogen-bond acceptors (Lipinski definition) is 5. The summed E-state index contributed by atoms with van der Waals surface area (Å²) in [5.74, 6) is 0.215. The number of benzene rings is 2. The van der Waals surface area contributed by atoms with Crippen molar-refractivity contribution < 1.29 is 14.5 Å². The average Bonchev–Trinajstić information content (AvgIpc) is 2.63. The van der Waals surface area contributed by atoms with Crippen LogP contribution >= 0.6 is 28.1 Å². The lowest BCUT2D eigenvalue weighted by molar-refractivity contribution is -0.383. The van der Waals surface area contributed by atoms with E-state index in [4.69, 9.17) is 17.0 Å². The number of nitro groups is 1. The van der Waals surface area contributed by atoms with Gasteiger partial charge in [0.15, 0.2) is 5.11 Å². The predicted octanol–water partition coefficient (Wildman–Crippen LogP) is 4.66. The van der Waals surface area contributed by atoms with Crippen LogP contribution in [0.15, 0.2) is 46.9 Å². The maximum atomic E-state index is 12.4. The summed E-state index contributed by atoms with van der Waals surface area (Å²) in [5.41, 5.74) is 0.440. The lowest BCUT2D eigenvalue weighted by atomic mass is 10.2. The summed E-state index contributed by atoms with van der Waals surface area (Å²) >= 11 is 8.47. The summed E-state index contributed by atoms with van der Waals surface area (Å²) in [5, 5.41) is 16.2. The summed E-state index contributed by atoms with van der Waals surface area (Å²) in [6, 6.07) is 11.0. The zero-order valence-corrected chi connectivity index (χ0v) is 16.9. The van der Waals surface area contributed by atoms with Gasteiger partial charge in [0.1, 0.15) is 11.4 Å². The first kappa shape index (κ1) is 20.8. The zero-order valence-electron chi connectivity index (χ0n) is 14.5. The standard InChI is InChI=1S/C18H18BrN3O4S/c1-2-3-10-26-16-9-8-12(11-13(16)19)17(23)21-18(27)20-14-6-4-5-7-15(14)22(24)25/h4-9,11H,2-3,10H2,1H3,(H2,20,21,23,27). The van der Waals surface area contributed by atoms with Crippen molar-refractivity contribution in [1.29, 1.82) is 0 Å². The van der Waals surface area contributed by atoms with Crippen molar-refractivity contribution in [3.8, 4) is 5.75 Å². The van der Waals surface area contributed by atoms with Crippen LogP contribution in [0.3, 0.4) is 0 Å². The monoisotopic (exact) mass is 451 g/mol. The molecule has 0 saturated heterocycles. The molecular weight excluding hydrogens is 434 g/mol. The number of unbranched alkanes of at least 4 members (excludes halogenated alkanes) is 1. The first-order valence-corrected chi connectivity index (χ1v) is 9.40. The van der Waals surface area contributed by atoms with Gasteiger partial charge in [-0.05, 0) is 58.8 Å². The van der Waals surface area contributed by atoms with Gasteiger partial charge < -0.3 is 10.1 Å². The minimum atomic E-state index is -0.527. The number of para-hydroxylation sites is 2. The second-order valence-corrected chi connectivity index (χ2v) is 6.79. The number of rotatable bonds is 7. The van der Waals surface area contributed by atoms with Crippen LogP contribution in [0.5, 0.6) is 5.75 Å². The minimum Gasteiger partial charge on any atom is -0.492 e. The van der Waals surface area contributed by atoms with Gasteiger partial charge in [-0.25, -0.2) is 0 Å². The van der Waals surface area contributed by atoms with E-state index in [0.29, 0.717) is 22.4 Å². The Bertz CT molecular complexity index is 860. The van der Waals surface area contributed by atoms with E-state index >= 15 is 0 Å². The summed E-state index contributed by atoms with van der Waals surface area (Å²) in [7, 11) is 0. The Morgan fingerprint density at radius 2 is 2.04 bits per heavy atom. The zero-order chi connectivity index (χ0) is 19.8. The number of halogens is 1. The second kappa shape index (κ2) is 9.98. The molecule has 0 fully saturated rings. The maximum absolute atomic E-state index is 12.4. The molecule has 0 bridgehead atoms. The molecule has 0 aliphatic heterocycles. The molecule has 0 atom stereocenters. The highest BCUT2D eigenvalue weighted by Gasteiger charge is 2.15. The maximum Gasteiger partial charge on any atom is 0.292 e. The van der Waals surface area contributed by atoms with Gasteiger partial charge in [-0.1, -0.05) is 25.5 Å². The van der Waals surface area contributed by atoms with E-state index < -0.39 is 10.8 Å². The van der Waals surface area contributed by atoms with Crippen LogP contribution in [-0.4, -0.2) is 22.5 Å². The number of ether oxygens (including phenoxy) is 1. The topological polar surface area (TPSA) is 93.5 Å². The number of nitrogens with zero attached hydrogens (tertiary/aromatic N) is 1. The van der Waals surface area contributed by atoms with Crippen molar-refractivity contribution in [2.75, 3.05) is 11.9 Å². The molecule has 0 radical (unpaired) electrons. The Hall–Kier alpha value is -2.52. The molecule has 0 saturated carbocycles. The first-order chi connectivity index (χ1) is 12.9. The highest BCUT2D eigenvalue weighted by Crippen LogP contribution is 2.26. The summed E-state index contributed by atoms with van der Waals surface area (Å²) in [6.07, 6.45) is 1.97. The van der Waals surface area contributed by atoms with Crippen LogP contribution in [0.25, 0.3) is 0 Å². The van der Waals surface area contributed by atoms with Crippen molar-refractivity contribution in [2.24, 2.45) is 0 Å². The van der Waals surface area contributed by atoms with Crippen LogP contribution in [0, 0.1) is 10.1 Å². The molecule has 0 aromatic heterocycles. The highest BCUT2D eigenvalue weighted by molar-refractivity contribution is 9.10. The molecule has 9 heteroatoms. The Morgan fingerprint density at radius 3 is 2.70 bits per heavy atom. The number of nitrogens with one attached hydrogen (secondary N) is 2. The number of nitro benzene ring substituents is 1. The van der Waals surface area contributed by atoms with Crippen molar-refractivity contribution in [3.63, 3.8) is 0 Å². The molecule has 0 unspecified atom stereocenters. The number of anilines is 1. The van der Waals surface area contributed by atoms with Crippen LogP contribution in [0.1, 0.15) is 30.1 Å². The molecule has 0 heterocycles. The fourth-order valence-electron chi connectivity index (χ4n) is 2.15. The highest BCUT2D eigenvalue weighted by atomic mass is 79.9. The van der Waals surface area contributed by atoms with Gasteiger partial charge in [0.25, 0.3) is 11.6 Å². The van der Waals surface area contributed by atoms with Gasteiger partial charge in [-0.15, -0.1) is 0 Å². The van der Waals surface area contributed by atoms with Crippen LogP contribution in [0.2, 0.25) is 0 Å². The van der Waals surface area contributed by atoms with Crippen molar-refractivity contribution in [1.82, 2.24) is 5.32 Å². The van der Waals surface area contributed by atoms with E-state index in [9.17, 15) is 14.9 Å². The molecule has 142 valence electrons. The van der Waals surface area contributed by atoms with E-state index in [1.807, 2.05) is 0 Å². The number of hydrogen-bond donors (Lipinski definition) is 2. The quantitative estimate of drug-likeness (QED) is 0.275. The molecular formula is C18H18BrN3O4S. The van der Waals surface area contributed by atoms with Crippen LogP contribution in [-0.2, 0) is 0 Å². The molecule has 0 aliphatic rings. The fraction of sp³-hybridized carbons (Fsp3) is 0.222.